The van der Waals surface area contributed by atoms with Gasteiger partial charge in [-0.2, -0.15) is 0 Å². The number of rotatable bonds is 7. The van der Waals surface area contributed by atoms with Gasteiger partial charge in [0.25, 0.3) is 5.91 Å². The normalized spacial score (nSPS) is 14.3. The summed E-state index contributed by atoms with van der Waals surface area (Å²) in [6, 6.07) is 12.7. The fourth-order valence-corrected chi connectivity index (χ4v) is 4.09. The number of pyridine rings is 1. The van der Waals surface area contributed by atoms with E-state index in [1.165, 1.54) is 32.1 Å². The molecule has 0 bridgehead atoms. The molecule has 0 spiro atoms. The van der Waals surface area contributed by atoms with Gasteiger partial charge in [0.2, 0.25) is 0 Å². The second-order valence-electron chi connectivity index (χ2n) is 7.88. The van der Waals surface area contributed by atoms with Crippen molar-refractivity contribution >= 4 is 16.8 Å². The first kappa shape index (κ1) is 21.0. The molecule has 1 aliphatic carbocycles. The number of benzene rings is 2. The number of hydrogen-bond acceptors (Lipinski definition) is 5. The van der Waals surface area contributed by atoms with E-state index in [1.807, 2.05) is 30.3 Å². The van der Waals surface area contributed by atoms with Gasteiger partial charge in [0.1, 0.15) is 11.5 Å². The quantitative estimate of drug-likeness (QED) is 0.558. The number of carbonyl (C=O) groups is 1. The van der Waals surface area contributed by atoms with Crippen molar-refractivity contribution in [2.75, 3.05) is 20.8 Å². The molecule has 0 unspecified atom stereocenters. The number of aromatic nitrogens is 1. The highest BCUT2D eigenvalue weighted by Gasteiger charge is 2.16. The Morgan fingerprint density at radius 1 is 1.00 bits per heavy atom. The topological polar surface area (TPSA) is 69.7 Å². The molecule has 1 saturated carbocycles. The minimum atomic E-state index is -0.0676. The Morgan fingerprint density at radius 3 is 2.55 bits per heavy atom. The monoisotopic (exact) mass is 420 g/mol. The molecule has 0 saturated heterocycles. The average Bonchev–Trinajstić information content (AvgIpc) is 2.82. The second-order valence-corrected chi connectivity index (χ2v) is 7.88. The Labute approximate surface area is 182 Å². The van der Waals surface area contributed by atoms with Crippen LogP contribution in [0, 0.1) is 5.92 Å². The summed E-state index contributed by atoms with van der Waals surface area (Å²) in [4.78, 5) is 17.1. The summed E-state index contributed by atoms with van der Waals surface area (Å²) in [6.45, 7) is 0.737. The zero-order valence-corrected chi connectivity index (χ0v) is 18.0. The van der Waals surface area contributed by atoms with Crippen molar-refractivity contribution in [1.82, 2.24) is 10.3 Å². The molecule has 6 nitrogen and oxygen atoms in total. The van der Waals surface area contributed by atoms with Crippen molar-refractivity contribution in [2.24, 2.45) is 5.92 Å². The van der Waals surface area contributed by atoms with Crippen molar-refractivity contribution in [3.63, 3.8) is 0 Å². The minimum absolute atomic E-state index is 0.0676. The zero-order valence-electron chi connectivity index (χ0n) is 18.0. The standard InChI is InChI=1S/C25H28N2O4/c1-29-23-14-20-21(15-24(23)30-2)26-12-11-22(20)31-19-10-6-9-18(13-19)25(28)27-16-17-7-4-3-5-8-17/h6,9-15,17H,3-5,7-8,16H2,1-2H3,(H,27,28). The lowest BCUT2D eigenvalue weighted by atomic mass is 9.89. The van der Waals surface area contributed by atoms with Gasteiger partial charge in [0.15, 0.2) is 11.5 Å². The molecule has 162 valence electrons. The maximum absolute atomic E-state index is 12.7. The molecule has 31 heavy (non-hydrogen) atoms. The molecule has 0 atom stereocenters. The van der Waals surface area contributed by atoms with E-state index in [9.17, 15) is 4.79 Å². The van der Waals surface area contributed by atoms with E-state index < -0.39 is 0 Å². The van der Waals surface area contributed by atoms with Crippen molar-refractivity contribution in [3.8, 4) is 23.0 Å². The maximum Gasteiger partial charge on any atom is 0.251 e. The van der Waals surface area contributed by atoms with Crippen LogP contribution in [0.3, 0.4) is 0 Å². The van der Waals surface area contributed by atoms with Crippen LogP contribution >= 0.6 is 0 Å². The molecule has 0 radical (unpaired) electrons. The number of ether oxygens (including phenoxy) is 3. The van der Waals surface area contributed by atoms with Gasteiger partial charge in [-0.15, -0.1) is 0 Å². The van der Waals surface area contributed by atoms with Gasteiger partial charge in [0, 0.05) is 29.8 Å². The van der Waals surface area contributed by atoms with E-state index in [1.54, 1.807) is 32.5 Å². The summed E-state index contributed by atoms with van der Waals surface area (Å²) < 4.78 is 16.9. The molecule has 1 N–H and O–H groups in total. The van der Waals surface area contributed by atoms with Crippen LogP contribution in [-0.4, -0.2) is 31.7 Å². The first-order chi connectivity index (χ1) is 15.2. The number of carbonyl (C=O) groups excluding carboxylic acids is 1. The number of nitrogens with zero attached hydrogens (tertiary/aromatic N) is 1. The van der Waals surface area contributed by atoms with E-state index in [0.717, 1.165) is 17.4 Å². The predicted molar refractivity (Wildman–Crippen MR) is 120 cm³/mol. The molecular formula is C25H28N2O4. The molecule has 3 aromatic rings. The van der Waals surface area contributed by atoms with Gasteiger partial charge in [-0.1, -0.05) is 25.3 Å². The molecule has 1 aliphatic rings. The first-order valence-corrected chi connectivity index (χ1v) is 10.7. The summed E-state index contributed by atoms with van der Waals surface area (Å²) in [6.07, 6.45) is 7.93. The number of amides is 1. The van der Waals surface area contributed by atoms with Crippen LogP contribution in [0.5, 0.6) is 23.0 Å². The molecule has 4 rings (SSSR count). The van der Waals surface area contributed by atoms with Crippen molar-refractivity contribution in [3.05, 3.63) is 54.2 Å². The lowest BCUT2D eigenvalue weighted by Crippen LogP contribution is -2.30. The van der Waals surface area contributed by atoms with Gasteiger partial charge in [-0.3, -0.25) is 9.78 Å². The number of fused-ring (bicyclic) bond motifs is 1. The van der Waals surface area contributed by atoms with Crippen LogP contribution in [0.25, 0.3) is 10.9 Å². The van der Waals surface area contributed by atoms with Gasteiger partial charge in [-0.05, 0) is 49.1 Å². The Balaban J connectivity index is 1.52. The van der Waals surface area contributed by atoms with Crippen LogP contribution in [0.15, 0.2) is 48.7 Å². The Bertz CT molecular complexity index is 1060. The fourth-order valence-electron chi connectivity index (χ4n) is 4.09. The maximum atomic E-state index is 12.7. The Morgan fingerprint density at radius 2 is 1.77 bits per heavy atom. The first-order valence-electron chi connectivity index (χ1n) is 10.7. The van der Waals surface area contributed by atoms with Gasteiger partial charge in [-0.25, -0.2) is 0 Å². The number of nitrogens with one attached hydrogen (secondary N) is 1. The molecule has 0 aliphatic heterocycles. The average molecular weight is 421 g/mol. The van der Waals surface area contributed by atoms with Crippen LogP contribution in [0.1, 0.15) is 42.5 Å². The summed E-state index contributed by atoms with van der Waals surface area (Å²) in [5.41, 5.74) is 1.32. The molecule has 6 heteroatoms. The van der Waals surface area contributed by atoms with E-state index in [4.69, 9.17) is 14.2 Å². The van der Waals surface area contributed by atoms with Gasteiger partial charge >= 0.3 is 0 Å². The highest BCUT2D eigenvalue weighted by Crippen LogP contribution is 2.37. The third kappa shape index (κ3) is 4.90. The fraction of sp³-hybridized carbons (Fsp3) is 0.360. The van der Waals surface area contributed by atoms with Crippen molar-refractivity contribution < 1.29 is 19.0 Å². The SMILES string of the molecule is COc1cc2nccc(Oc3cccc(C(=O)NCC4CCCCC4)c3)c2cc1OC. The molecular weight excluding hydrogens is 392 g/mol. The Hall–Kier alpha value is -3.28. The summed E-state index contributed by atoms with van der Waals surface area (Å²) in [5, 5.41) is 3.88. The predicted octanol–water partition coefficient (Wildman–Crippen LogP) is 5.35. The smallest absolute Gasteiger partial charge is 0.251 e. The zero-order chi connectivity index (χ0) is 21.6. The molecule has 1 fully saturated rings. The summed E-state index contributed by atoms with van der Waals surface area (Å²) in [5.74, 6) is 2.95. The lowest BCUT2D eigenvalue weighted by molar-refractivity contribution is 0.0943. The molecule has 1 heterocycles. The number of methoxy groups -OCH3 is 2. The third-order valence-corrected chi connectivity index (χ3v) is 5.81. The van der Waals surface area contributed by atoms with Crippen LogP contribution in [-0.2, 0) is 0 Å². The van der Waals surface area contributed by atoms with E-state index in [2.05, 4.69) is 10.3 Å². The molecule has 1 aromatic heterocycles. The van der Waals surface area contributed by atoms with Gasteiger partial charge < -0.3 is 19.5 Å². The van der Waals surface area contributed by atoms with E-state index in [0.29, 0.717) is 34.5 Å². The number of hydrogen-bond donors (Lipinski definition) is 1. The van der Waals surface area contributed by atoms with Crippen molar-refractivity contribution in [1.29, 1.82) is 0 Å². The highest BCUT2D eigenvalue weighted by atomic mass is 16.5. The molecule has 1 amide bonds. The minimum Gasteiger partial charge on any atom is -0.493 e. The molecule has 2 aromatic carbocycles. The second kappa shape index (κ2) is 9.69. The van der Waals surface area contributed by atoms with Crippen LogP contribution < -0.4 is 19.5 Å². The van der Waals surface area contributed by atoms with Crippen LogP contribution in [0.2, 0.25) is 0 Å². The van der Waals surface area contributed by atoms with Gasteiger partial charge in [0.05, 0.1) is 19.7 Å². The Kier molecular flexibility index (Phi) is 6.55. The van der Waals surface area contributed by atoms with E-state index in [-0.39, 0.29) is 5.91 Å². The van der Waals surface area contributed by atoms with E-state index >= 15 is 0 Å². The van der Waals surface area contributed by atoms with Crippen molar-refractivity contribution in [2.45, 2.75) is 32.1 Å². The van der Waals surface area contributed by atoms with Crippen LogP contribution in [0.4, 0.5) is 0 Å². The highest BCUT2D eigenvalue weighted by molar-refractivity contribution is 5.94. The summed E-state index contributed by atoms with van der Waals surface area (Å²) in [7, 11) is 3.19. The summed E-state index contributed by atoms with van der Waals surface area (Å²) >= 11 is 0. The largest absolute Gasteiger partial charge is 0.493 e. The third-order valence-electron chi connectivity index (χ3n) is 5.81. The lowest BCUT2D eigenvalue weighted by Gasteiger charge is -2.21.